The lowest BCUT2D eigenvalue weighted by molar-refractivity contribution is -0.117. The van der Waals surface area contributed by atoms with Gasteiger partial charge in [0.05, 0.1) is 0 Å². The van der Waals surface area contributed by atoms with Crippen LogP contribution in [0.15, 0.2) is 23.6 Å². The summed E-state index contributed by atoms with van der Waals surface area (Å²) in [5.41, 5.74) is 0. The highest BCUT2D eigenvalue weighted by atomic mass is 32.1. The first-order valence-corrected chi connectivity index (χ1v) is 7.46. The lowest BCUT2D eigenvalue weighted by atomic mass is 10.00. The minimum Gasteiger partial charge on any atom is -0.350 e. The van der Waals surface area contributed by atoms with Crippen LogP contribution in [0.4, 0.5) is 0 Å². The summed E-state index contributed by atoms with van der Waals surface area (Å²) in [5, 5.41) is 8.72. The molecule has 0 spiro atoms. The van der Waals surface area contributed by atoms with Crippen LogP contribution in [0, 0.1) is 0 Å². The summed E-state index contributed by atoms with van der Waals surface area (Å²) in [6, 6.07) is 5.60. The minimum atomic E-state index is 0.0368. The van der Waals surface area contributed by atoms with Crippen LogP contribution in [-0.2, 0) is 4.79 Å². The SMILES string of the molecule is O=C(/C=C/c1cccs1)NC1CC2CCC(C1)N2. The van der Waals surface area contributed by atoms with Crippen molar-refractivity contribution in [1.29, 1.82) is 0 Å². The average Bonchev–Trinajstić information content (AvgIpc) is 2.97. The third kappa shape index (κ3) is 2.82. The van der Waals surface area contributed by atoms with Gasteiger partial charge >= 0.3 is 0 Å². The van der Waals surface area contributed by atoms with Crippen LogP contribution < -0.4 is 10.6 Å². The van der Waals surface area contributed by atoms with E-state index in [1.165, 1.54) is 12.8 Å². The van der Waals surface area contributed by atoms with Crippen molar-refractivity contribution in [2.24, 2.45) is 0 Å². The highest BCUT2D eigenvalue weighted by Crippen LogP contribution is 2.26. The number of thiophene rings is 1. The third-order valence-electron chi connectivity index (χ3n) is 3.76. The number of piperidine rings is 1. The molecular weight excluding hydrogens is 244 g/mol. The fourth-order valence-corrected chi connectivity index (χ4v) is 3.59. The topological polar surface area (TPSA) is 41.1 Å². The molecule has 2 fully saturated rings. The molecule has 1 aromatic heterocycles. The van der Waals surface area contributed by atoms with Gasteiger partial charge in [-0.15, -0.1) is 11.3 Å². The van der Waals surface area contributed by atoms with Crippen molar-refractivity contribution in [3.05, 3.63) is 28.5 Å². The molecule has 2 atom stereocenters. The van der Waals surface area contributed by atoms with E-state index in [9.17, 15) is 4.79 Å². The van der Waals surface area contributed by atoms with Gasteiger partial charge in [-0.3, -0.25) is 4.79 Å². The Kier molecular flexibility index (Phi) is 3.48. The molecule has 2 aliphatic heterocycles. The Labute approximate surface area is 111 Å². The second kappa shape index (κ2) is 5.24. The molecule has 0 aromatic carbocycles. The summed E-state index contributed by atoms with van der Waals surface area (Å²) in [7, 11) is 0. The average molecular weight is 262 g/mol. The van der Waals surface area contributed by atoms with Crippen molar-refractivity contribution in [3.63, 3.8) is 0 Å². The van der Waals surface area contributed by atoms with Gasteiger partial charge in [0.15, 0.2) is 0 Å². The van der Waals surface area contributed by atoms with Crippen LogP contribution in [0.3, 0.4) is 0 Å². The van der Waals surface area contributed by atoms with Crippen LogP contribution in [-0.4, -0.2) is 24.0 Å². The van der Waals surface area contributed by atoms with E-state index in [4.69, 9.17) is 0 Å². The van der Waals surface area contributed by atoms with E-state index in [1.54, 1.807) is 17.4 Å². The number of amides is 1. The Hall–Kier alpha value is -1.13. The first-order valence-electron chi connectivity index (χ1n) is 6.58. The van der Waals surface area contributed by atoms with Crippen LogP contribution in [0.2, 0.25) is 0 Å². The summed E-state index contributed by atoms with van der Waals surface area (Å²) in [4.78, 5) is 12.9. The highest BCUT2D eigenvalue weighted by Gasteiger charge is 2.33. The van der Waals surface area contributed by atoms with E-state index >= 15 is 0 Å². The van der Waals surface area contributed by atoms with Crippen LogP contribution in [0.25, 0.3) is 6.08 Å². The highest BCUT2D eigenvalue weighted by molar-refractivity contribution is 7.10. The van der Waals surface area contributed by atoms with Gasteiger partial charge in [-0.05, 0) is 43.2 Å². The summed E-state index contributed by atoms with van der Waals surface area (Å²) >= 11 is 1.64. The lowest BCUT2D eigenvalue weighted by Crippen LogP contribution is -2.47. The molecule has 1 amide bonds. The largest absolute Gasteiger partial charge is 0.350 e. The fourth-order valence-electron chi connectivity index (χ4n) is 2.97. The van der Waals surface area contributed by atoms with Gasteiger partial charge in [0.1, 0.15) is 0 Å². The predicted molar refractivity (Wildman–Crippen MR) is 74.5 cm³/mol. The molecule has 2 bridgehead atoms. The second-order valence-corrected chi connectivity index (χ2v) is 6.14. The normalized spacial score (nSPS) is 30.8. The number of hydrogen-bond acceptors (Lipinski definition) is 3. The lowest BCUT2D eigenvalue weighted by Gasteiger charge is -2.29. The molecule has 0 aliphatic carbocycles. The molecule has 96 valence electrons. The predicted octanol–water partition coefficient (Wildman–Crippen LogP) is 2.16. The van der Waals surface area contributed by atoms with Crippen molar-refractivity contribution in [3.8, 4) is 0 Å². The summed E-state index contributed by atoms with van der Waals surface area (Å²) in [5.74, 6) is 0.0368. The molecule has 2 N–H and O–H groups in total. The van der Waals surface area contributed by atoms with Crippen LogP contribution in [0.1, 0.15) is 30.6 Å². The summed E-state index contributed by atoms with van der Waals surface area (Å²) < 4.78 is 0. The summed E-state index contributed by atoms with van der Waals surface area (Å²) in [6.07, 6.45) is 8.22. The molecule has 2 saturated heterocycles. The summed E-state index contributed by atoms with van der Waals surface area (Å²) in [6.45, 7) is 0. The van der Waals surface area contributed by atoms with Crippen LogP contribution in [0.5, 0.6) is 0 Å². The molecule has 1 aromatic rings. The number of nitrogens with one attached hydrogen (secondary N) is 2. The first kappa shape index (κ1) is 11.9. The number of carbonyl (C=O) groups is 1. The quantitative estimate of drug-likeness (QED) is 0.820. The number of fused-ring (bicyclic) bond motifs is 2. The van der Waals surface area contributed by atoms with Crippen molar-refractivity contribution < 1.29 is 4.79 Å². The Bertz CT molecular complexity index is 429. The molecule has 18 heavy (non-hydrogen) atoms. The van der Waals surface area contributed by atoms with Crippen molar-refractivity contribution in [2.45, 2.75) is 43.8 Å². The van der Waals surface area contributed by atoms with Gasteiger partial charge in [0.2, 0.25) is 5.91 Å². The molecule has 2 aliphatic rings. The van der Waals surface area contributed by atoms with E-state index in [1.807, 2.05) is 23.6 Å². The third-order valence-corrected chi connectivity index (χ3v) is 4.60. The maximum absolute atomic E-state index is 11.8. The Morgan fingerprint density at radius 2 is 2.17 bits per heavy atom. The number of rotatable bonds is 3. The molecule has 3 rings (SSSR count). The van der Waals surface area contributed by atoms with Gasteiger partial charge in [0.25, 0.3) is 0 Å². The molecule has 2 unspecified atom stereocenters. The van der Waals surface area contributed by atoms with E-state index in [2.05, 4.69) is 10.6 Å². The molecule has 4 heteroatoms. The van der Waals surface area contributed by atoms with E-state index in [0.717, 1.165) is 17.7 Å². The molecular formula is C14H18N2OS. The van der Waals surface area contributed by atoms with E-state index in [0.29, 0.717) is 18.1 Å². The van der Waals surface area contributed by atoms with Gasteiger partial charge in [-0.25, -0.2) is 0 Å². The van der Waals surface area contributed by atoms with Crippen LogP contribution >= 0.6 is 11.3 Å². The molecule has 0 radical (unpaired) electrons. The van der Waals surface area contributed by atoms with Crippen molar-refractivity contribution >= 4 is 23.3 Å². The standard InChI is InChI=1S/C14H18N2OS/c17-14(6-5-13-2-1-7-18-13)16-12-8-10-3-4-11(9-12)15-10/h1-2,5-7,10-12,15H,3-4,8-9H2,(H,16,17)/b6-5+. The Morgan fingerprint density at radius 1 is 1.39 bits per heavy atom. The maximum atomic E-state index is 11.8. The number of carbonyl (C=O) groups excluding carboxylic acids is 1. The smallest absolute Gasteiger partial charge is 0.244 e. The van der Waals surface area contributed by atoms with Gasteiger partial charge in [0, 0.05) is 29.1 Å². The zero-order valence-corrected chi connectivity index (χ0v) is 11.1. The first-order chi connectivity index (χ1) is 8.79. The van der Waals surface area contributed by atoms with E-state index in [-0.39, 0.29) is 5.91 Å². The zero-order valence-electron chi connectivity index (χ0n) is 10.3. The molecule has 3 heterocycles. The van der Waals surface area contributed by atoms with Gasteiger partial charge in [-0.1, -0.05) is 6.07 Å². The van der Waals surface area contributed by atoms with Crippen molar-refractivity contribution in [1.82, 2.24) is 10.6 Å². The second-order valence-electron chi connectivity index (χ2n) is 5.16. The van der Waals surface area contributed by atoms with Gasteiger partial charge < -0.3 is 10.6 Å². The Morgan fingerprint density at radius 3 is 2.83 bits per heavy atom. The molecule has 0 saturated carbocycles. The minimum absolute atomic E-state index is 0.0368. The van der Waals surface area contributed by atoms with Crippen molar-refractivity contribution in [2.75, 3.05) is 0 Å². The maximum Gasteiger partial charge on any atom is 0.244 e. The molecule has 3 nitrogen and oxygen atoms in total. The van der Waals surface area contributed by atoms with E-state index < -0.39 is 0 Å². The fraction of sp³-hybridized carbons (Fsp3) is 0.500. The Balaban J connectivity index is 1.52. The monoisotopic (exact) mass is 262 g/mol. The zero-order chi connectivity index (χ0) is 12.4. The number of hydrogen-bond donors (Lipinski definition) is 2. The van der Waals surface area contributed by atoms with Gasteiger partial charge in [-0.2, -0.15) is 0 Å².